The van der Waals surface area contributed by atoms with E-state index in [9.17, 15) is 4.79 Å². The molecule has 0 aliphatic carbocycles. The quantitative estimate of drug-likeness (QED) is 0.567. The molecule has 0 aliphatic rings. The topological polar surface area (TPSA) is 68.0 Å². The number of fused-ring (bicyclic) bond motifs is 1. The number of para-hydroxylation sites is 1. The van der Waals surface area contributed by atoms with Crippen molar-refractivity contribution in [3.05, 3.63) is 70.4 Å². The van der Waals surface area contributed by atoms with Gasteiger partial charge in [-0.2, -0.15) is 0 Å². The molecule has 0 saturated heterocycles. The zero-order valence-corrected chi connectivity index (χ0v) is 16.4. The third-order valence-electron chi connectivity index (χ3n) is 4.77. The van der Waals surface area contributed by atoms with Crippen molar-refractivity contribution in [3.63, 3.8) is 0 Å². The van der Waals surface area contributed by atoms with Gasteiger partial charge in [0.05, 0.1) is 17.1 Å². The summed E-state index contributed by atoms with van der Waals surface area (Å²) in [6.07, 6.45) is 4.66. The highest BCUT2D eigenvalue weighted by Crippen LogP contribution is 2.33. The van der Waals surface area contributed by atoms with Crippen molar-refractivity contribution in [2.75, 3.05) is 5.32 Å². The van der Waals surface area contributed by atoms with Crippen LogP contribution >= 0.6 is 11.6 Å². The lowest BCUT2D eigenvalue weighted by atomic mass is 9.99. The molecule has 0 spiro atoms. The largest absolute Gasteiger partial charge is 0.377 e. The average Bonchev–Trinajstić information content (AvgIpc) is 2.67. The van der Waals surface area contributed by atoms with E-state index in [1.807, 2.05) is 36.5 Å². The zero-order chi connectivity index (χ0) is 19.4. The van der Waals surface area contributed by atoms with Gasteiger partial charge in [-0.25, -0.2) is 0 Å². The van der Waals surface area contributed by atoms with Crippen LogP contribution in [0.25, 0.3) is 10.9 Å². The zero-order valence-electron chi connectivity index (χ0n) is 15.6. The van der Waals surface area contributed by atoms with E-state index < -0.39 is 5.91 Å². The molecule has 1 heterocycles. The molecule has 5 heteroatoms. The number of carbonyl (C=O) groups is 1. The average molecular weight is 382 g/mol. The van der Waals surface area contributed by atoms with E-state index in [4.69, 9.17) is 17.3 Å². The van der Waals surface area contributed by atoms with Crippen molar-refractivity contribution in [2.24, 2.45) is 5.73 Å². The lowest BCUT2D eigenvalue weighted by Gasteiger charge is -2.23. The maximum Gasteiger partial charge on any atom is 0.250 e. The van der Waals surface area contributed by atoms with E-state index in [1.54, 1.807) is 6.07 Å². The highest BCUT2D eigenvalue weighted by Gasteiger charge is 2.17. The van der Waals surface area contributed by atoms with Gasteiger partial charge in [0.25, 0.3) is 5.91 Å². The van der Waals surface area contributed by atoms with E-state index in [2.05, 4.69) is 30.2 Å². The smallest absolute Gasteiger partial charge is 0.250 e. The Balaban J connectivity index is 2.13. The number of amides is 1. The van der Waals surface area contributed by atoms with Gasteiger partial charge in [0.2, 0.25) is 0 Å². The Morgan fingerprint density at radius 2 is 2.00 bits per heavy atom. The van der Waals surface area contributed by atoms with Gasteiger partial charge in [-0.05, 0) is 42.2 Å². The molecule has 1 amide bonds. The lowest BCUT2D eigenvalue weighted by molar-refractivity contribution is 0.100. The number of anilines is 1. The number of nitrogens with two attached hydrogens (primary N) is 1. The Morgan fingerprint density at radius 1 is 1.22 bits per heavy atom. The van der Waals surface area contributed by atoms with Gasteiger partial charge in [0.15, 0.2) is 0 Å². The van der Waals surface area contributed by atoms with Crippen molar-refractivity contribution in [3.8, 4) is 0 Å². The van der Waals surface area contributed by atoms with Gasteiger partial charge >= 0.3 is 0 Å². The molecule has 0 radical (unpaired) electrons. The molecule has 140 valence electrons. The van der Waals surface area contributed by atoms with Crippen LogP contribution in [0.3, 0.4) is 0 Å². The van der Waals surface area contributed by atoms with Crippen molar-refractivity contribution in [1.82, 2.24) is 4.98 Å². The first-order chi connectivity index (χ1) is 13.0. The number of rotatable bonds is 7. The summed E-state index contributed by atoms with van der Waals surface area (Å²) in [6, 6.07) is 13.6. The SMILES string of the molecule is CCC[C@@H](Nc1c(CC)cnc2c(C(N)=O)cccc12)c1cccc(Cl)c1. The predicted octanol–water partition coefficient (Wildman–Crippen LogP) is 5.50. The summed E-state index contributed by atoms with van der Waals surface area (Å²) in [6.45, 7) is 4.26. The number of primary amides is 1. The van der Waals surface area contributed by atoms with Crippen LogP contribution in [0.15, 0.2) is 48.7 Å². The van der Waals surface area contributed by atoms with Gasteiger partial charge in [-0.3, -0.25) is 9.78 Å². The standard InChI is InChI=1S/C22H24ClN3O/c1-3-7-19(15-8-5-9-16(23)12-15)26-20-14(4-2)13-25-21-17(20)10-6-11-18(21)22(24)27/h5-6,8-13,19H,3-4,7H2,1-2H3,(H2,24,27)(H,25,26)/t19-/m1/s1. The summed E-state index contributed by atoms with van der Waals surface area (Å²) in [5.41, 5.74) is 9.86. The normalized spacial score (nSPS) is 12.1. The van der Waals surface area contributed by atoms with Gasteiger partial charge in [0.1, 0.15) is 0 Å². The van der Waals surface area contributed by atoms with Crippen LogP contribution in [0.2, 0.25) is 5.02 Å². The molecule has 0 bridgehead atoms. The first-order valence-corrected chi connectivity index (χ1v) is 9.65. The Labute approximate surface area is 164 Å². The molecule has 0 unspecified atom stereocenters. The highest BCUT2D eigenvalue weighted by molar-refractivity contribution is 6.30. The molecule has 1 aromatic heterocycles. The van der Waals surface area contributed by atoms with Crippen LogP contribution in [-0.2, 0) is 6.42 Å². The van der Waals surface area contributed by atoms with E-state index in [-0.39, 0.29) is 6.04 Å². The molecule has 0 saturated carbocycles. The summed E-state index contributed by atoms with van der Waals surface area (Å²) in [4.78, 5) is 16.3. The Bertz CT molecular complexity index is 971. The third-order valence-corrected chi connectivity index (χ3v) is 5.00. The fraction of sp³-hybridized carbons (Fsp3) is 0.273. The molecule has 3 rings (SSSR count). The minimum atomic E-state index is -0.469. The third kappa shape index (κ3) is 4.06. The molecular formula is C22H24ClN3O. The highest BCUT2D eigenvalue weighted by atomic mass is 35.5. The second kappa shape index (κ2) is 8.40. The maximum absolute atomic E-state index is 11.8. The van der Waals surface area contributed by atoms with E-state index in [1.165, 1.54) is 0 Å². The number of carbonyl (C=O) groups excluding carboxylic acids is 1. The number of aromatic nitrogens is 1. The number of halogens is 1. The summed E-state index contributed by atoms with van der Waals surface area (Å²) >= 11 is 6.21. The number of aryl methyl sites for hydroxylation is 1. The Morgan fingerprint density at radius 3 is 2.67 bits per heavy atom. The van der Waals surface area contributed by atoms with E-state index in [0.717, 1.165) is 46.5 Å². The number of hydrogen-bond donors (Lipinski definition) is 2. The van der Waals surface area contributed by atoms with Crippen LogP contribution in [0.4, 0.5) is 5.69 Å². The molecule has 0 fully saturated rings. The van der Waals surface area contributed by atoms with Crippen LogP contribution in [0.1, 0.15) is 54.2 Å². The van der Waals surface area contributed by atoms with E-state index >= 15 is 0 Å². The molecule has 1 atom stereocenters. The summed E-state index contributed by atoms with van der Waals surface area (Å²) < 4.78 is 0. The van der Waals surface area contributed by atoms with Crippen LogP contribution in [0.5, 0.6) is 0 Å². The summed E-state index contributed by atoms with van der Waals surface area (Å²) in [5, 5.41) is 5.34. The molecule has 3 N–H and O–H groups in total. The van der Waals surface area contributed by atoms with Crippen molar-refractivity contribution in [1.29, 1.82) is 0 Å². The maximum atomic E-state index is 11.8. The van der Waals surface area contributed by atoms with E-state index in [0.29, 0.717) is 11.1 Å². The monoisotopic (exact) mass is 381 g/mol. The summed E-state index contributed by atoms with van der Waals surface area (Å²) in [7, 11) is 0. The van der Waals surface area contributed by atoms with Crippen molar-refractivity contribution >= 4 is 34.1 Å². The lowest BCUT2D eigenvalue weighted by Crippen LogP contribution is -2.15. The van der Waals surface area contributed by atoms with Gasteiger partial charge < -0.3 is 11.1 Å². The predicted molar refractivity (Wildman–Crippen MR) is 112 cm³/mol. The molecule has 0 aliphatic heterocycles. The molecule has 3 aromatic rings. The molecule has 4 nitrogen and oxygen atoms in total. The van der Waals surface area contributed by atoms with Crippen molar-refractivity contribution < 1.29 is 4.79 Å². The number of hydrogen-bond acceptors (Lipinski definition) is 3. The minimum Gasteiger partial charge on any atom is -0.377 e. The van der Waals surface area contributed by atoms with Gasteiger partial charge in [-0.1, -0.05) is 56.1 Å². The van der Waals surface area contributed by atoms with Gasteiger partial charge in [-0.15, -0.1) is 0 Å². The molecule has 27 heavy (non-hydrogen) atoms. The van der Waals surface area contributed by atoms with Gasteiger partial charge in [0, 0.05) is 22.3 Å². The Kier molecular flexibility index (Phi) is 5.97. The Hall–Kier alpha value is -2.59. The van der Waals surface area contributed by atoms with Crippen molar-refractivity contribution in [2.45, 2.75) is 39.2 Å². The van der Waals surface area contributed by atoms with Crippen LogP contribution in [-0.4, -0.2) is 10.9 Å². The number of nitrogens with zero attached hydrogens (tertiary/aromatic N) is 1. The second-order valence-corrected chi connectivity index (χ2v) is 7.06. The number of benzene rings is 2. The number of pyridine rings is 1. The fourth-order valence-corrected chi connectivity index (χ4v) is 3.61. The fourth-order valence-electron chi connectivity index (χ4n) is 3.41. The minimum absolute atomic E-state index is 0.113. The first kappa shape index (κ1) is 19.2. The molecule has 2 aromatic carbocycles. The first-order valence-electron chi connectivity index (χ1n) is 9.27. The van der Waals surface area contributed by atoms with Crippen LogP contribution < -0.4 is 11.1 Å². The second-order valence-electron chi connectivity index (χ2n) is 6.62. The number of nitrogens with one attached hydrogen (secondary N) is 1. The molecular weight excluding hydrogens is 358 g/mol. The summed E-state index contributed by atoms with van der Waals surface area (Å²) in [5.74, 6) is -0.469. The van der Waals surface area contributed by atoms with Crippen LogP contribution in [0, 0.1) is 0 Å².